The zero-order chi connectivity index (χ0) is 19.4. The summed E-state index contributed by atoms with van der Waals surface area (Å²) in [6.45, 7) is 2.64. The van der Waals surface area contributed by atoms with E-state index in [1.165, 1.54) is 5.56 Å². The fraction of sp³-hybridized carbons (Fsp3) is 0.0909. The smallest absolute Gasteiger partial charge is 0.170 e. The first-order valence-corrected chi connectivity index (χ1v) is 10.2. The van der Waals surface area contributed by atoms with Gasteiger partial charge in [0.25, 0.3) is 0 Å². The van der Waals surface area contributed by atoms with Crippen molar-refractivity contribution in [1.29, 1.82) is 0 Å². The summed E-state index contributed by atoms with van der Waals surface area (Å²) >= 11 is 1.63. The van der Waals surface area contributed by atoms with Gasteiger partial charge in [0.15, 0.2) is 11.6 Å². The van der Waals surface area contributed by atoms with E-state index in [4.69, 9.17) is 4.52 Å². The lowest BCUT2D eigenvalue weighted by atomic mass is 10.1. The van der Waals surface area contributed by atoms with Gasteiger partial charge in [-0.2, -0.15) is 0 Å². The molecule has 2 aromatic carbocycles. The van der Waals surface area contributed by atoms with Crippen LogP contribution in [0, 0.1) is 6.92 Å². The summed E-state index contributed by atoms with van der Waals surface area (Å²) in [5.41, 5.74) is 6.11. The Hall–Kier alpha value is -3.58. The van der Waals surface area contributed by atoms with Crippen molar-refractivity contribution in [3.8, 4) is 44.6 Å². The van der Waals surface area contributed by atoms with Crippen LogP contribution in [0.15, 0.2) is 64.6 Å². The standard InChI is InChI=1S/C22H15N5OS/c1-13-18(19(26-28-13)14-5-3-2-4-6-14)21-25-24-20-17-11-15(22-23-9-10-29-22)7-8-16(17)12-27(20)21/h2-11H,12H2,1H3. The maximum absolute atomic E-state index is 5.54. The molecule has 1 aliphatic heterocycles. The predicted octanol–water partition coefficient (Wildman–Crippen LogP) is 5.06. The van der Waals surface area contributed by atoms with Crippen molar-refractivity contribution in [3.63, 3.8) is 0 Å². The number of aromatic nitrogens is 5. The summed E-state index contributed by atoms with van der Waals surface area (Å²) in [5, 5.41) is 16.3. The van der Waals surface area contributed by atoms with Crippen LogP contribution in [0.5, 0.6) is 0 Å². The monoisotopic (exact) mass is 397 g/mol. The lowest BCUT2D eigenvalue weighted by Crippen LogP contribution is -1.98. The van der Waals surface area contributed by atoms with Crippen LogP contribution in [-0.2, 0) is 6.54 Å². The summed E-state index contributed by atoms with van der Waals surface area (Å²) < 4.78 is 7.68. The molecule has 6 nitrogen and oxygen atoms in total. The highest BCUT2D eigenvalue weighted by Gasteiger charge is 2.29. The van der Waals surface area contributed by atoms with E-state index in [1.54, 1.807) is 11.3 Å². The molecule has 3 aromatic heterocycles. The van der Waals surface area contributed by atoms with Gasteiger partial charge in [-0.15, -0.1) is 21.5 Å². The highest BCUT2D eigenvalue weighted by atomic mass is 32.1. The van der Waals surface area contributed by atoms with Gasteiger partial charge in [0.1, 0.15) is 16.5 Å². The van der Waals surface area contributed by atoms with E-state index in [1.807, 2.05) is 48.8 Å². The first-order valence-electron chi connectivity index (χ1n) is 9.28. The van der Waals surface area contributed by atoms with Crippen LogP contribution in [0.4, 0.5) is 0 Å². The van der Waals surface area contributed by atoms with Crippen molar-refractivity contribution in [2.45, 2.75) is 13.5 Å². The van der Waals surface area contributed by atoms with Gasteiger partial charge in [0.2, 0.25) is 0 Å². The molecule has 140 valence electrons. The molecule has 0 bridgehead atoms. The van der Waals surface area contributed by atoms with Crippen LogP contribution in [0.3, 0.4) is 0 Å². The molecule has 29 heavy (non-hydrogen) atoms. The SMILES string of the molecule is Cc1onc(-c2ccccc2)c1-c1nnc2n1Cc1ccc(-c3nccs3)cc1-2. The second-order valence-corrected chi connectivity index (χ2v) is 7.87. The van der Waals surface area contributed by atoms with Crippen molar-refractivity contribution in [2.24, 2.45) is 0 Å². The number of rotatable bonds is 3. The van der Waals surface area contributed by atoms with Crippen molar-refractivity contribution < 1.29 is 4.52 Å². The minimum atomic E-state index is 0.726. The topological polar surface area (TPSA) is 69.6 Å². The minimum Gasteiger partial charge on any atom is -0.360 e. The summed E-state index contributed by atoms with van der Waals surface area (Å²) in [4.78, 5) is 4.43. The average molecular weight is 397 g/mol. The number of nitrogens with zero attached hydrogens (tertiary/aromatic N) is 5. The number of benzene rings is 2. The van der Waals surface area contributed by atoms with E-state index in [-0.39, 0.29) is 0 Å². The van der Waals surface area contributed by atoms with Crippen LogP contribution in [0.2, 0.25) is 0 Å². The van der Waals surface area contributed by atoms with Crippen molar-refractivity contribution in [3.05, 3.63) is 71.4 Å². The van der Waals surface area contributed by atoms with Crippen LogP contribution in [-0.4, -0.2) is 24.9 Å². The second-order valence-electron chi connectivity index (χ2n) is 6.97. The number of hydrogen-bond donors (Lipinski definition) is 0. The van der Waals surface area contributed by atoms with E-state index in [2.05, 4.69) is 43.1 Å². The van der Waals surface area contributed by atoms with E-state index in [0.717, 1.165) is 56.9 Å². The maximum atomic E-state index is 5.54. The summed E-state index contributed by atoms with van der Waals surface area (Å²) in [5.74, 6) is 2.39. The first kappa shape index (κ1) is 16.4. The minimum absolute atomic E-state index is 0.726. The Bertz CT molecular complexity index is 1340. The zero-order valence-electron chi connectivity index (χ0n) is 15.5. The van der Waals surface area contributed by atoms with E-state index in [9.17, 15) is 0 Å². The van der Waals surface area contributed by atoms with Crippen LogP contribution in [0.25, 0.3) is 44.6 Å². The van der Waals surface area contributed by atoms with Crippen molar-refractivity contribution >= 4 is 11.3 Å². The Morgan fingerprint density at radius 3 is 2.69 bits per heavy atom. The van der Waals surface area contributed by atoms with Gasteiger partial charge < -0.3 is 9.09 Å². The highest BCUT2D eigenvalue weighted by Crippen LogP contribution is 2.40. The van der Waals surface area contributed by atoms with E-state index in [0.29, 0.717) is 0 Å². The van der Waals surface area contributed by atoms with E-state index < -0.39 is 0 Å². The molecule has 0 amide bonds. The zero-order valence-corrected chi connectivity index (χ0v) is 16.3. The molecule has 0 radical (unpaired) electrons. The number of thiazole rings is 1. The molecular weight excluding hydrogens is 382 g/mol. The van der Waals surface area contributed by atoms with Gasteiger partial charge in [-0.05, 0) is 18.6 Å². The molecule has 0 atom stereocenters. The molecule has 5 aromatic rings. The number of aryl methyl sites for hydroxylation is 1. The van der Waals surface area contributed by atoms with Crippen LogP contribution in [0.1, 0.15) is 11.3 Å². The predicted molar refractivity (Wildman–Crippen MR) is 111 cm³/mol. The number of hydrogen-bond acceptors (Lipinski definition) is 6. The molecule has 0 saturated heterocycles. The molecule has 6 rings (SSSR count). The molecule has 0 aliphatic carbocycles. The van der Waals surface area contributed by atoms with E-state index >= 15 is 0 Å². The second kappa shape index (κ2) is 6.22. The van der Waals surface area contributed by atoms with Gasteiger partial charge in [-0.3, -0.25) is 0 Å². The Balaban J connectivity index is 1.49. The first-order chi connectivity index (χ1) is 14.3. The van der Waals surface area contributed by atoms with Crippen molar-refractivity contribution in [1.82, 2.24) is 24.9 Å². The van der Waals surface area contributed by atoms with Gasteiger partial charge in [-0.25, -0.2) is 4.98 Å². The maximum Gasteiger partial charge on any atom is 0.170 e. The van der Waals surface area contributed by atoms with Crippen LogP contribution >= 0.6 is 11.3 Å². The molecule has 0 fully saturated rings. The lowest BCUT2D eigenvalue weighted by molar-refractivity contribution is 0.400. The third kappa shape index (κ3) is 2.48. The molecular formula is C22H15N5OS. The van der Waals surface area contributed by atoms with Crippen LogP contribution < -0.4 is 0 Å². The number of fused-ring (bicyclic) bond motifs is 3. The molecule has 0 unspecified atom stereocenters. The molecule has 0 N–H and O–H groups in total. The normalized spacial score (nSPS) is 12.2. The molecule has 7 heteroatoms. The third-order valence-electron chi connectivity index (χ3n) is 5.24. The average Bonchev–Trinajstić information content (AvgIpc) is 3.52. The fourth-order valence-electron chi connectivity index (χ4n) is 3.86. The van der Waals surface area contributed by atoms with Gasteiger partial charge >= 0.3 is 0 Å². The largest absolute Gasteiger partial charge is 0.360 e. The summed E-state index contributed by atoms with van der Waals surface area (Å²) in [6.07, 6.45) is 1.83. The molecule has 0 spiro atoms. The Morgan fingerprint density at radius 1 is 1.00 bits per heavy atom. The Kier molecular flexibility index (Phi) is 3.51. The fourth-order valence-corrected chi connectivity index (χ4v) is 4.49. The van der Waals surface area contributed by atoms with Gasteiger partial charge in [-0.1, -0.05) is 47.6 Å². The summed E-state index contributed by atoms with van der Waals surface area (Å²) in [6, 6.07) is 16.5. The highest BCUT2D eigenvalue weighted by molar-refractivity contribution is 7.13. The Morgan fingerprint density at radius 2 is 1.86 bits per heavy atom. The van der Waals surface area contributed by atoms with Crippen molar-refractivity contribution in [2.75, 3.05) is 0 Å². The quantitative estimate of drug-likeness (QED) is 0.417. The van der Waals surface area contributed by atoms with Gasteiger partial charge in [0.05, 0.1) is 12.1 Å². The Labute approximate surface area is 170 Å². The third-order valence-corrected chi connectivity index (χ3v) is 6.07. The lowest BCUT2D eigenvalue weighted by Gasteiger charge is -2.04. The van der Waals surface area contributed by atoms with Gasteiger partial charge in [0, 0.05) is 28.3 Å². The molecule has 4 heterocycles. The molecule has 1 aliphatic rings. The summed E-state index contributed by atoms with van der Waals surface area (Å²) in [7, 11) is 0. The molecule has 0 saturated carbocycles.